The van der Waals surface area contributed by atoms with Gasteiger partial charge in [-0.25, -0.2) is 8.91 Å². The molecule has 0 saturated heterocycles. The molecule has 0 spiro atoms. The van der Waals surface area contributed by atoms with E-state index in [9.17, 15) is 9.50 Å². The first kappa shape index (κ1) is 17.0. The molecule has 0 saturated carbocycles. The van der Waals surface area contributed by atoms with E-state index in [1.165, 1.54) is 12.1 Å². The summed E-state index contributed by atoms with van der Waals surface area (Å²) >= 11 is 0. The lowest BCUT2D eigenvalue weighted by Gasteiger charge is -2.07. The molecule has 0 aliphatic rings. The van der Waals surface area contributed by atoms with Crippen LogP contribution < -0.4 is 0 Å². The van der Waals surface area contributed by atoms with Crippen LogP contribution >= 0.6 is 0 Å². The Morgan fingerprint density at radius 1 is 0.963 bits per heavy atom. The molecule has 4 heteroatoms. The highest BCUT2D eigenvalue weighted by atomic mass is 19.1. The topological polar surface area (TPSA) is 37.5 Å². The SMILES string of the molecule is CC#CC(O)c1cccc(-c2ccn3nc(-c4ccc(F)cc4)cc3c2)c1. The summed E-state index contributed by atoms with van der Waals surface area (Å²) in [5.74, 6) is 5.23. The van der Waals surface area contributed by atoms with E-state index in [1.807, 2.05) is 48.7 Å². The second-order valence-corrected chi connectivity index (χ2v) is 6.24. The van der Waals surface area contributed by atoms with Crippen molar-refractivity contribution in [1.82, 2.24) is 9.61 Å². The summed E-state index contributed by atoms with van der Waals surface area (Å²) in [6.45, 7) is 1.71. The second kappa shape index (κ2) is 7.06. The van der Waals surface area contributed by atoms with E-state index in [-0.39, 0.29) is 5.82 Å². The van der Waals surface area contributed by atoms with Crippen LogP contribution in [-0.2, 0) is 0 Å². The highest BCUT2D eigenvalue weighted by Gasteiger charge is 2.08. The molecule has 1 atom stereocenters. The van der Waals surface area contributed by atoms with Crippen molar-refractivity contribution in [2.45, 2.75) is 13.0 Å². The van der Waals surface area contributed by atoms with Crippen molar-refractivity contribution in [2.75, 3.05) is 0 Å². The molecule has 0 fully saturated rings. The van der Waals surface area contributed by atoms with Crippen molar-refractivity contribution >= 4 is 5.52 Å². The van der Waals surface area contributed by atoms with Gasteiger partial charge < -0.3 is 5.11 Å². The molecule has 1 N–H and O–H groups in total. The fraction of sp³-hybridized carbons (Fsp3) is 0.0870. The third-order valence-electron chi connectivity index (χ3n) is 4.42. The minimum absolute atomic E-state index is 0.264. The van der Waals surface area contributed by atoms with E-state index < -0.39 is 6.10 Å². The third kappa shape index (κ3) is 3.46. The summed E-state index contributed by atoms with van der Waals surface area (Å²) < 4.78 is 14.9. The Balaban J connectivity index is 1.72. The molecular formula is C23H17FN2O. The Labute approximate surface area is 156 Å². The van der Waals surface area contributed by atoms with E-state index in [0.717, 1.165) is 33.5 Å². The number of rotatable bonds is 3. The summed E-state index contributed by atoms with van der Waals surface area (Å²) in [6, 6.07) is 20.0. The zero-order chi connectivity index (χ0) is 18.8. The first-order chi connectivity index (χ1) is 13.1. The molecule has 1 unspecified atom stereocenters. The van der Waals surface area contributed by atoms with E-state index in [1.54, 1.807) is 23.6 Å². The van der Waals surface area contributed by atoms with Gasteiger partial charge >= 0.3 is 0 Å². The lowest BCUT2D eigenvalue weighted by Crippen LogP contribution is -1.94. The zero-order valence-corrected chi connectivity index (χ0v) is 14.7. The van der Waals surface area contributed by atoms with E-state index in [2.05, 4.69) is 16.9 Å². The molecular weight excluding hydrogens is 339 g/mol. The van der Waals surface area contributed by atoms with Gasteiger partial charge in [-0.2, -0.15) is 5.10 Å². The van der Waals surface area contributed by atoms with Crippen LogP contribution in [-0.4, -0.2) is 14.7 Å². The first-order valence-electron chi connectivity index (χ1n) is 8.60. The highest BCUT2D eigenvalue weighted by molar-refractivity contribution is 5.73. The second-order valence-electron chi connectivity index (χ2n) is 6.24. The number of pyridine rings is 1. The number of halogens is 1. The standard InChI is InChI=1S/C23H17FN2O/c1-2-4-23(27)19-6-3-5-17(13-19)18-11-12-26-21(14-18)15-22(25-26)16-7-9-20(24)10-8-16/h3,5-15,23,27H,1H3. The van der Waals surface area contributed by atoms with Gasteiger partial charge in [0.25, 0.3) is 0 Å². The van der Waals surface area contributed by atoms with Gasteiger partial charge in [0.15, 0.2) is 0 Å². The molecule has 27 heavy (non-hydrogen) atoms. The molecule has 2 heterocycles. The van der Waals surface area contributed by atoms with E-state index >= 15 is 0 Å². The summed E-state index contributed by atoms with van der Waals surface area (Å²) in [4.78, 5) is 0. The number of fused-ring (bicyclic) bond motifs is 1. The monoisotopic (exact) mass is 356 g/mol. The molecule has 0 amide bonds. The minimum Gasteiger partial charge on any atom is -0.376 e. The van der Waals surface area contributed by atoms with Crippen molar-refractivity contribution < 1.29 is 9.50 Å². The average Bonchev–Trinajstić information content (AvgIpc) is 3.12. The summed E-state index contributed by atoms with van der Waals surface area (Å²) in [5.41, 5.74) is 5.37. The Hall–Kier alpha value is -3.42. The molecule has 0 aliphatic carbocycles. The Morgan fingerprint density at radius 2 is 1.74 bits per heavy atom. The summed E-state index contributed by atoms with van der Waals surface area (Å²) in [6.07, 6.45) is 1.10. The van der Waals surface area contributed by atoms with Gasteiger partial charge in [-0.05, 0) is 72.1 Å². The lowest BCUT2D eigenvalue weighted by atomic mass is 10.0. The number of aromatic nitrogens is 2. The molecule has 4 aromatic rings. The smallest absolute Gasteiger partial charge is 0.140 e. The maximum absolute atomic E-state index is 13.1. The van der Waals surface area contributed by atoms with Crippen LogP contribution in [0.1, 0.15) is 18.6 Å². The average molecular weight is 356 g/mol. The summed E-state index contributed by atoms with van der Waals surface area (Å²) in [7, 11) is 0. The maximum Gasteiger partial charge on any atom is 0.140 e. The van der Waals surface area contributed by atoms with Crippen molar-refractivity contribution in [2.24, 2.45) is 0 Å². The third-order valence-corrected chi connectivity index (χ3v) is 4.42. The predicted octanol–water partition coefficient (Wildman–Crippen LogP) is 4.86. The van der Waals surface area contributed by atoms with Gasteiger partial charge in [-0.1, -0.05) is 24.1 Å². The molecule has 0 bridgehead atoms. The molecule has 2 aromatic carbocycles. The molecule has 0 radical (unpaired) electrons. The van der Waals surface area contributed by atoms with Gasteiger partial charge in [0.1, 0.15) is 11.9 Å². The van der Waals surface area contributed by atoms with Crippen molar-refractivity contribution in [3.8, 4) is 34.2 Å². The lowest BCUT2D eigenvalue weighted by molar-refractivity contribution is 0.238. The van der Waals surface area contributed by atoms with Crippen LogP contribution in [0.4, 0.5) is 4.39 Å². The van der Waals surface area contributed by atoms with E-state index in [0.29, 0.717) is 0 Å². The number of hydrogen-bond donors (Lipinski definition) is 1. The van der Waals surface area contributed by atoms with Crippen LogP contribution in [0, 0.1) is 17.7 Å². The molecule has 0 aliphatic heterocycles. The van der Waals surface area contributed by atoms with Crippen molar-refractivity contribution in [3.05, 3.63) is 84.3 Å². The Kier molecular flexibility index (Phi) is 4.45. The molecule has 2 aromatic heterocycles. The van der Waals surface area contributed by atoms with Crippen LogP contribution in [0.2, 0.25) is 0 Å². The number of hydrogen-bond acceptors (Lipinski definition) is 2. The van der Waals surface area contributed by atoms with Gasteiger partial charge in [0.2, 0.25) is 0 Å². The number of aliphatic hydroxyl groups is 1. The van der Waals surface area contributed by atoms with Gasteiger partial charge in [0.05, 0.1) is 11.2 Å². The Morgan fingerprint density at radius 3 is 2.52 bits per heavy atom. The number of nitrogens with zero attached hydrogens (tertiary/aromatic N) is 2. The minimum atomic E-state index is -0.793. The van der Waals surface area contributed by atoms with Crippen LogP contribution in [0.25, 0.3) is 27.9 Å². The Bertz CT molecular complexity index is 1170. The van der Waals surface area contributed by atoms with E-state index in [4.69, 9.17) is 0 Å². The van der Waals surface area contributed by atoms with Crippen molar-refractivity contribution in [1.29, 1.82) is 0 Å². The quantitative estimate of drug-likeness (QED) is 0.532. The normalized spacial score (nSPS) is 11.8. The predicted molar refractivity (Wildman–Crippen MR) is 104 cm³/mol. The van der Waals surface area contributed by atoms with Gasteiger partial charge in [0, 0.05) is 11.8 Å². The van der Waals surface area contributed by atoms with Crippen LogP contribution in [0.3, 0.4) is 0 Å². The van der Waals surface area contributed by atoms with Crippen LogP contribution in [0.15, 0.2) is 72.9 Å². The zero-order valence-electron chi connectivity index (χ0n) is 14.7. The fourth-order valence-corrected chi connectivity index (χ4v) is 3.04. The van der Waals surface area contributed by atoms with Gasteiger partial charge in [-0.15, -0.1) is 5.92 Å². The molecule has 4 rings (SSSR count). The van der Waals surface area contributed by atoms with Crippen molar-refractivity contribution in [3.63, 3.8) is 0 Å². The number of aliphatic hydroxyl groups excluding tert-OH is 1. The highest BCUT2D eigenvalue weighted by Crippen LogP contribution is 2.26. The largest absolute Gasteiger partial charge is 0.376 e. The van der Waals surface area contributed by atoms with Crippen LogP contribution in [0.5, 0.6) is 0 Å². The number of benzene rings is 2. The van der Waals surface area contributed by atoms with Gasteiger partial charge in [-0.3, -0.25) is 0 Å². The maximum atomic E-state index is 13.1. The molecule has 132 valence electrons. The first-order valence-corrected chi connectivity index (χ1v) is 8.60. The summed E-state index contributed by atoms with van der Waals surface area (Å²) in [5, 5.41) is 14.7. The fourth-order valence-electron chi connectivity index (χ4n) is 3.04. The molecule has 3 nitrogen and oxygen atoms in total.